The summed E-state index contributed by atoms with van der Waals surface area (Å²) in [7, 11) is 1.77. The van der Waals surface area contributed by atoms with E-state index < -0.39 is 18.1 Å². The Balaban J connectivity index is 2.12. The molecule has 4 N–H and O–H groups in total. The summed E-state index contributed by atoms with van der Waals surface area (Å²) in [6, 6.07) is 9.12. The Labute approximate surface area is 186 Å². The van der Waals surface area contributed by atoms with Gasteiger partial charge < -0.3 is 30.2 Å². The highest BCUT2D eigenvalue weighted by Crippen LogP contribution is 2.43. The Morgan fingerprint density at radius 1 is 0.906 bits per heavy atom. The lowest BCUT2D eigenvalue weighted by atomic mass is 10.00. The van der Waals surface area contributed by atoms with Gasteiger partial charge in [-0.3, -0.25) is 0 Å². The molecule has 2 aromatic carbocycles. The lowest BCUT2D eigenvalue weighted by Crippen LogP contribution is -2.32. The smallest absolute Gasteiger partial charge is 0.340 e. The highest BCUT2D eigenvalue weighted by Gasteiger charge is 2.36. The molecule has 0 spiro atoms. The molecule has 8 heteroatoms. The molecule has 1 atom stereocenters. The molecular formula is C24H28N2O6. The van der Waals surface area contributed by atoms with Crippen molar-refractivity contribution >= 4 is 17.6 Å². The maximum absolute atomic E-state index is 11.9. The zero-order valence-electron chi connectivity index (χ0n) is 18.2. The van der Waals surface area contributed by atoms with Crippen LogP contribution >= 0.6 is 0 Å². The van der Waals surface area contributed by atoms with Crippen molar-refractivity contribution < 1.29 is 30.0 Å². The number of nitrogens with zero attached hydrogens (tertiary/aromatic N) is 2. The molecule has 0 saturated carbocycles. The minimum Gasteiger partial charge on any atom is -0.507 e. The largest absolute Gasteiger partial charge is 0.507 e. The summed E-state index contributed by atoms with van der Waals surface area (Å²) in [5, 5.41) is 39.9. The number of aromatic carboxylic acids is 2. The van der Waals surface area contributed by atoms with Crippen LogP contribution in [0.4, 0.5) is 0 Å². The molecule has 170 valence electrons. The van der Waals surface area contributed by atoms with Gasteiger partial charge in [0.1, 0.15) is 28.8 Å². The number of hydrogen-bond donors (Lipinski definition) is 4. The molecule has 0 aromatic heterocycles. The quantitative estimate of drug-likeness (QED) is 0.425. The van der Waals surface area contributed by atoms with Gasteiger partial charge in [0.05, 0.1) is 5.70 Å². The van der Waals surface area contributed by atoms with Crippen molar-refractivity contribution in [2.24, 2.45) is 0 Å². The molecule has 1 unspecified atom stereocenters. The number of rotatable bonds is 9. The molecule has 8 nitrogen and oxygen atoms in total. The molecule has 0 saturated heterocycles. The average molecular weight is 440 g/mol. The van der Waals surface area contributed by atoms with E-state index >= 15 is 0 Å². The number of aromatic hydroxyl groups is 2. The van der Waals surface area contributed by atoms with Gasteiger partial charge in [0.15, 0.2) is 0 Å². The second-order valence-electron chi connectivity index (χ2n) is 7.86. The van der Waals surface area contributed by atoms with Gasteiger partial charge in [-0.15, -0.1) is 0 Å². The molecule has 0 fully saturated rings. The average Bonchev–Trinajstić information content (AvgIpc) is 3.06. The van der Waals surface area contributed by atoms with Crippen molar-refractivity contribution in [3.05, 3.63) is 64.9 Å². The number of phenols is 2. The zero-order chi connectivity index (χ0) is 23.4. The van der Waals surface area contributed by atoms with Gasteiger partial charge in [0.25, 0.3) is 0 Å². The summed E-state index contributed by atoms with van der Waals surface area (Å²) < 4.78 is 0. The normalized spacial score (nSPS) is 15.7. The first-order chi connectivity index (χ1) is 15.3. The molecule has 32 heavy (non-hydrogen) atoms. The minimum absolute atomic E-state index is 0.188. The third-order valence-electron chi connectivity index (χ3n) is 5.67. The summed E-state index contributed by atoms with van der Waals surface area (Å²) in [4.78, 5) is 27.6. The van der Waals surface area contributed by atoms with Gasteiger partial charge in [-0.05, 0) is 18.6 Å². The van der Waals surface area contributed by atoms with Crippen LogP contribution < -0.4 is 0 Å². The van der Waals surface area contributed by atoms with E-state index in [1.807, 2.05) is 4.90 Å². The van der Waals surface area contributed by atoms with Crippen molar-refractivity contribution in [3.8, 4) is 11.5 Å². The van der Waals surface area contributed by atoms with Crippen LogP contribution in [-0.2, 0) is 0 Å². The third-order valence-corrected chi connectivity index (χ3v) is 5.67. The predicted octanol–water partition coefficient (Wildman–Crippen LogP) is 4.32. The highest BCUT2D eigenvalue weighted by atomic mass is 16.4. The van der Waals surface area contributed by atoms with Crippen molar-refractivity contribution in [1.29, 1.82) is 0 Å². The number of carboxylic acid groups (broad SMARTS) is 2. The summed E-state index contributed by atoms with van der Waals surface area (Å²) in [5.74, 6) is -3.16. The molecule has 1 aliphatic heterocycles. The van der Waals surface area contributed by atoms with E-state index in [4.69, 9.17) is 0 Å². The van der Waals surface area contributed by atoms with Crippen LogP contribution in [0, 0.1) is 0 Å². The topological polar surface area (TPSA) is 122 Å². The van der Waals surface area contributed by atoms with E-state index in [2.05, 4.69) is 6.92 Å². The fourth-order valence-corrected chi connectivity index (χ4v) is 4.24. The van der Waals surface area contributed by atoms with Gasteiger partial charge in [0.2, 0.25) is 0 Å². The van der Waals surface area contributed by atoms with Crippen LogP contribution in [-0.4, -0.2) is 55.8 Å². The Hall–Kier alpha value is -3.68. The van der Waals surface area contributed by atoms with Gasteiger partial charge in [-0.1, -0.05) is 50.5 Å². The summed E-state index contributed by atoms with van der Waals surface area (Å²) >= 11 is 0. The van der Waals surface area contributed by atoms with Crippen LogP contribution in [0.5, 0.6) is 11.5 Å². The summed E-state index contributed by atoms with van der Waals surface area (Å²) in [6.45, 7) is 2.65. The van der Waals surface area contributed by atoms with Crippen molar-refractivity contribution in [2.75, 3.05) is 13.6 Å². The van der Waals surface area contributed by atoms with Crippen molar-refractivity contribution in [1.82, 2.24) is 9.80 Å². The van der Waals surface area contributed by atoms with Gasteiger partial charge in [-0.25, -0.2) is 9.59 Å². The van der Waals surface area contributed by atoms with Crippen LogP contribution in [0.25, 0.3) is 5.70 Å². The second kappa shape index (κ2) is 9.64. The molecule has 1 aliphatic rings. The molecule has 3 rings (SSSR count). The number of carboxylic acids is 2. The van der Waals surface area contributed by atoms with Crippen molar-refractivity contribution in [3.63, 3.8) is 0 Å². The van der Waals surface area contributed by atoms with E-state index in [9.17, 15) is 30.0 Å². The molecule has 2 aromatic rings. The zero-order valence-corrected chi connectivity index (χ0v) is 18.2. The molecular weight excluding hydrogens is 412 g/mol. The first-order valence-electron chi connectivity index (χ1n) is 10.6. The maximum Gasteiger partial charge on any atom is 0.340 e. The van der Waals surface area contributed by atoms with E-state index in [0.717, 1.165) is 25.7 Å². The summed E-state index contributed by atoms with van der Waals surface area (Å²) in [6.07, 6.45) is 5.08. The van der Waals surface area contributed by atoms with Gasteiger partial charge in [0, 0.05) is 30.9 Å². The third kappa shape index (κ3) is 4.34. The predicted molar refractivity (Wildman–Crippen MR) is 119 cm³/mol. The molecule has 1 heterocycles. The lowest BCUT2D eigenvalue weighted by Gasteiger charge is -2.34. The molecule has 0 amide bonds. The Morgan fingerprint density at radius 3 is 2.16 bits per heavy atom. The number of benzene rings is 2. The monoisotopic (exact) mass is 440 g/mol. The number of hydrogen-bond acceptors (Lipinski definition) is 6. The van der Waals surface area contributed by atoms with E-state index in [0.29, 0.717) is 23.4 Å². The van der Waals surface area contributed by atoms with Crippen LogP contribution in [0.1, 0.15) is 70.6 Å². The lowest BCUT2D eigenvalue weighted by molar-refractivity contribution is 0.0679. The highest BCUT2D eigenvalue weighted by molar-refractivity contribution is 5.97. The minimum atomic E-state index is -1.25. The standard InChI is InChI=1S/C24H28N2O6/c1-3-4-5-6-13-26-17(15-9-7-11-18(27)20(15)23(29)30)14-25(2)22(26)16-10-8-12-19(28)21(16)24(31)32/h7-12,14,22,27-28H,3-6,13H2,1-2H3,(H,29,30)(H,31,32). The molecule has 0 radical (unpaired) electrons. The van der Waals surface area contributed by atoms with E-state index in [1.54, 1.807) is 42.4 Å². The first kappa shape index (κ1) is 23.0. The van der Waals surface area contributed by atoms with Crippen LogP contribution in [0.2, 0.25) is 0 Å². The molecule has 0 aliphatic carbocycles. The SMILES string of the molecule is CCCCCCN1C(c2cccc(O)c2C(=O)O)=CN(C)C1c1cccc(O)c1C(=O)O. The Kier molecular flexibility index (Phi) is 6.92. The van der Waals surface area contributed by atoms with Crippen LogP contribution in [0.15, 0.2) is 42.6 Å². The number of carbonyl (C=O) groups is 2. The Morgan fingerprint density at radius 2 is 1.53 bits per heavy atom. The van der Waals surface area contributed by atoms with Crippen LogP contribution in [0.3, 0.4) is 0 Å². The number of unbranched alkanes of at least 4 members (excludes halogenated alkanes) is 3. The fraction of sp³-hybridized carbons (Fsp3) is 0.333. The molecule has 0 bridgehead atoms. The Bertz CT molecular complexity index is 1050. The summed E-state index contributed by atoms with van der Waals surface area (Å²) in [5.41, 5.74) is 0.924. The van der Waals surface area contributed by atoms with E-state index in [-0.39, 0.29) is 22.6 Å². The van der Waals surface area contributed by atoms with Gasteiger partial charge >= 0.3 is 11.9 Å². The fourth-order valence-electron chi connectivity index (χ4n) is 4.24. The first-order valence-corrected chi connectivity index (χ1v) is 10.6. The van der Waals surface area contributed by atoms with Crippen molar-refractivity contribution in [2.45, 2.75) is 38.8 Å². The second-order valence-corrected chi connectivity index (χ2v) is 7.86. The van der Waals surface area contributed by atoms with Gasteiger partial charge in [-0.2, -0.15) is 0 Å². The maximum atomic E-state index is 11.9. The van der Waals surface area contributed by atoms with E-state index in [1.165, 1.54) is 12.1 Å².